The number of allylic oxidation sites excluding steroid dienone is 6. The average molecular weight is 603 g/mol. The highest BCUT2D eigenvalue weighted by molar-refractivity contribution is 5.79. The molecule has 0 amide bonds. The van der Waals surface area contributed by atoms with Gasteiger partial charge in [0.2, 0.25) is 0 Å². The lowest BCUT2D eigenvalue weighted by Gasteiger charge is -2.40. The first-order chi connectivity index (χ1) is 20.2. The molecule has 2 N–H and O–H groups in total. The van der Waals surface area contributed by atoms with Gasteiger partial charge in [-0.25, -0.2) is 0 Å². The van der Waals surface area contributed by atoms with Gasteiger partial charge in [0.15, 0.2) is 0 Å². The third kappa shape index (κ3) is 14.5. The van der Waals surface area contributed by atoms with E-state index < -0.39 is 36.1 Å². The van der Waals surface area contributed by atoms with E-state index in [1.165, 1.54) is 24.0 Å². The second-order valence-electron chi connectivity index (χ2n) is 13.6. The molecule has 0 aromatic heterocycles. The predicted octanol–water partition coefficient (Wildman–Crippen LogP) is 7.96. The molecule has 6 nitrogen and oxygen atoms in total. The molecule has 1 aliphatic rings. The Kier molecular flexibility index (Phi) is 18.2. The minimum absolute atomic E-state index is 0.00807. The van der Waals surface area contributed by atoms with Crippen molar-refractivity contribution in [2.75, 3.05) is 0 Å². The quantitative estimate of drug-likeness (QED) is 0.108. The minimum Gasteiger partial charge on any atom is -0.461 e. The summed E-state index contributed by atoms with van der Waals surface area (Å²) in [5.41, 5.74) is 2.68. The lowest BCUT2D eigenvalue weighted by Crippen LogP contribution is -2.51. The third-order valence-corrected chi connectivity index (χ3v) is 9.28. The van der Waals surface area contributed by atoms with Gasteiger partial charge in [-0.05, 0) is 77.6 Å². The number of ether oxygens (including phenoxy) is 1. The van der Waals surface area contributed by atoms with Gasteiger partial charge in [0, 0.05) is 30.6 Å². The van der Waals surface area contributed by atoms with Crippen LogP contribution in [0.5, 0.6) is 0 Å². The highest BCUT2D eigenvalue weighted by Crippen LogP contribution is 2.32. The Morgan fingerprint density at radius 1 is 1.00 bits per heavy atom. The molecule has 6 heteroatoms. The predicted molar refractivity (Wildman–Crippen MR) is 175 cm³/mol. The van der Waals surface area contributed by atoms with E-state index in [-0.39, 0.29) is 29.8 Å². The number of aliphatic hydroxyl groups is 2. The topological polar surface area (TPSA) is 101 Å². The van der Waals surface area contributed by atoms with Crippen molar-refractivity contribution in [1.82, 2.24) is 0 Å². The van der Waals surface area contributed by atoms with Crippen LogP contribution >= 0.6 is 0 Å². The van der Waals surface area contributed by atoms with Gasteiger partial charge in [-0.1, -0.05) is 83.4 Å². The summed E-state index contributed by atoms with van der Waals surface area (Å²) in [6.07, 6.45) is 15.2. The van der Waals surface area contributed by atoms with Crippen molar-refractivity contribution < 1.29 is 29.3 Å². The lowest BCUT2D eigenvalue weighted by atomic mass is 9.79. The Bertz CT molecular complexity index is 962. The maximum Gasteiger partial charge on any atom is 0.311 e. The van der Waals surface area contributed by atoms with Crippen LogP contribution in [0.15, 0.2) is 35.5 Å². The van der Waals surface area contributed by atoms with Crippen LogP contribution in [0, 0.1) is 35.5 Å². The van der Waals surface area contributed by atoms with Crippen LogP contribution in [0.4, 0.5) is 0 Å². The fourth-order valence-corrected chi connectivity index (χ4v) is 5.90. The summed E-state index contributed by atoms with van der Waals surface area (Å²) in [6.45, 7) is 17.6. The molecule has 0 aliphatic carbocycles. The fraction of sp³-hybridized carbons (Fsp3) is 0.757. The zero-order chi connectivity index (χ0) is 32.7. The fourth-order valence-electron chi connectivity index (χ4n) is 5.90. The number of rotatable bonds is 20. The monoisotopic (exact) mass is 602 g/mol. The van der Waals surface area contributed by atoms with Crippen LogP contribution in [-0.4, -0.2) is 46.1 Å². The van der Waals surface area contributed by atoms with Crippen LogP contribution < -0.4 is 0 Å². The number of esters is 1. The van der Waals surface area contributed by atoms with E-state index >= 15 is 0 Å². The number of carbonyl (C=O) groups is 3. The van der Waals surface area contributed by atoms with Crippen molar-refractivity contribution >= 4 is 17.5 Å². The van der Waals surface area contributed by atoms with E-state index in [0.717, 1.165) is 32.1 Å². The van der Waals surface area contributed by atoms with Gasteiger partial charge in [0.1, 0.15) is 17.7 Å². The van der Waals surface area contributed by atoms with Crippen LogP contribution in [0.2, 0.25) is 0 Å². The maximum absolute atomic E-state index is 12.7. The van der Waals surface area contributed by atoms with Crippen LogP contribution in [-0.2, 0) is 19.1 Å². The Hall–Kier alpha value is -2.05. The third-order valence-electron chi connectivity index (χ3n) is 9.28. The molecule has 1 rings (SSSR count). The molecule has 0 radical (unpaired) electrons. The molecule has 246 valence electrons. The summed E-state index contributed by atoms with van der Waals surface area (Å²) in [4.78, 5) is 36.3. The number of ketones is 2. The zero-order valence-corrected chi connectivity index (χ0v) is 28.6. The molecule has 0 bridgehead atoms. The van der Waals surface area contributed by atoms with E-state index in [9.17, 15) is 24.6 Å². The summed E-state index contributed by atoms with van der Waals surface area (Å²) in [7, 11) is 0. The van der Waals surface area contributed by atoms with Gasteiger partial charge in [0.05, 0.1) is 18.1 Å². The molecule has 0 aromatic carbocycles. The SMILES string of the molecule is CCCC/C(=C\[C@@H](C)C/C=C/[C@@H](C)C[C@@H](C)C(C)=O)CC/C=C(\C)CCC(=O)C[C@H](O)[C@@H](C)[C@@H]1OC(=O)[C@@H](C)[C@H](O)[C@@H]1C. The largest absolute Gasteiger partial charge is 0.461 e. The van der Waals surface area contributed by atoms with Gasteiger partial charge < -0.3 is 14.9 Å². The standard InChI is InChI=1S/C37H62O6/c1-10-11-17-32(22-26(4)16-12-15-25(3)21-27(5)31(9)38)18-13-14-24(2)19-20-33(39)23-34(40)28(6)36-29(7)35(41)30(8)37(42)43-36/h12,14-15,22,25-30,34-36,40-41H,10-11,13,16-21,23H2,1-9H3/b15-12+,24-14+,32-22+/t25-,26+,27-,28-,29+,30+,34+,35-,36+/m1/s1. The minimum atomic E-state index is -0.923. The van der Waals surface area contributed by atoms with Gasteiger partial charge in [-0.15, -0.1) is 0 Å². The van der Waals surface area contributed by atoms with Gasteiger partial charge >= 0.3 is 5.97 Å². The molecule has 43 heavy (non-hydrogen) atoms. The average Bonchev–Trinajstić information content (AvgIpc) is 2.94. The van der Waals surface area contributed by atoms with Crippen LogP contribution in [0.3, 0.4) is 0 Å². The molecular weight excluding hydrogens is 540 g/mol. The Morgan fingerprint density at radius 3 is 2.30 bits per heavy atom. The molecule has 0 saturated carbocycles. The van der Waals surface area contributed by atoms with E-state index in [4.69, 9.17) is 4.74 Å². The zero-order valence-electron chi connectivity index (χ0n) is 28.6. The second kappa shape index (κ2) is 20.1. The van der Waals surface area contributed by atoms with Crippen molar-refractivity contribution in [2.24, 2.45) is 35.5 Å². The molecule has 0 aromatic rings. The van der Waals surface area contributed by atoms with E-state index in [0.29, 0.717) is 24.7 Å². The number of hydrogen-bond acceptors (Lipinski definition) is 6. The number of Topliss-reactive ketones (excluding diaryl/α,β-unsaturated/α-hetero) is 2. The number of cyclic esters (lactones) is 1. The summed E-state index contributed by atoms with van der Waals surface area (Å²) in [5.74, 6) is -0.554. The molecule has 0 spiro atoms. The first-order valence-corrected chi connectivity index (χ1v) is 16.8. The molecule has 1 saturated heterocycles. The number of hydrogen-bond donors (Lipinski definition) is 2. The van der Waals surface area contributed by atoms with Crippen molar-refractivity contribution in [3.05, 3.63) is 35.5 Å². The summed E-state index contributed by atoms with van der Waals surface area (Å²) in [6, 6.07) is 0. The first-order valence-electron chi connectivity index (χ1n) is 16.8. The van der Waals surface area contributed by atoms with Gasteiger partial charge in [-0.2, -0.15) is 0 Å². The van der Waals surface area contributed by atoms with Crippen molar-refractivity contribution in [2.45, 2.75) is 145 Å². The highest BCUT2D eigenvalue weighted by Gasteiger charge is 2.44. The van der Waals surface area contributed by atoms with E-state index in [2.05, 4.69) is 52.0 Å². The lowest BCUT2D eigenvalue weighted by molar-refractivity contribution is -0.186. The van der Waals surface area contributed by atoms with E-state index in [1.807, 2.05) is 13.8 Å². The molecule has 9 atom stereocenters. The highest BCUT2D eigenvalue weighted by atomic mass is 16.6. The number of aliphatic hydroxyl groups excluding tert-OH is 2. The van der Waals surface area contributed by atoms with Gasteiger partial charge in [-0.3, -0.25) is 14.4 Å². The molecule has 0 unspecified atom stereocenters. The number of unbranched alkanes of at least 4 members (excludes halogenated alkanes) is 1. The Morgan fingerprint density at radius 2 is 1.67 bits per heavy atom. The van der Waals surface area contributed by atoms with Crippen molar-refractivity contribution in [3.63, 3.8) is 0 Å². The van der Waals surface area contributed by atoms with Crippen molar-refractivity contribution in [1.29, 1.82) is 0 Å². The summed E-state index contributed by atoms with van der Waals surface area (Å²) >= 11 is 0. The maximum atomic E-state index is 12.7. The number of carbonyl (C=O) groups excluding carboxylic acids is 3. The molecule has 1 aliphatic heterocycles. The van der Waals surface area contributed by atoms with Crippen LogP contribution in [0.1, 0.15) is 127 Å². The molecule has 1 heterocycles. The molecular formula is C37H62O6. The van der Waals surface area contributed by atoms with Crippen LogP contribution in [0.25, 0.3) is 0 Å². The summed E-state index contributed by atoms with van der Waals surface area (Å²) in [5, 5.41) is 21.1. The Balaban J connectivity index is 2.56. The van der Waals surface area contributed by atoms with Crippen molar-refractivity contribution in [3.8, 4) is 0 Å². The summed E-state index contributed by atoms with van der Waals surface area (Å²) < 4.78 is 5.51. The molecule has 1 fully saturated rings. The Labute approximate surface area is 262 Å². The second-order valence-corrected chi connectivity index (χ2v) is 13.6. The smallest absolute Gasteiger partial charge is 0.311 e. The van der Waals surface area contributed by atoms with Gasteiger partial charge in [0.25, 0.3) is 0 Å². The van der Waals surface area contributed by atoms with E-state index in [1.54, 1.807) is 20.8 Å². The first kappa shape index (κ1) is 39.0. The normalized spacial score (nSPS) is 25.2.